The lowest BCUT2D eigenvalue weighted by Gasteiger charge is -2.35. The van der Waals surface area contributed by atoms with Crippen LogP contribution in [0.25, 0.3) is 0 Å². The van der Waals surface area contributed by atoms with Gasteiger partial charge in [-0.3, -0.25) is 4.79 Å². The molecule has 4 rings (SSSR count). The molecule has 0 bridgehead atoms. The molecule has 0 amide bonds. The van der Waals surface area contributed by atoms with Crippen LogP contribution >= 0.6 is 0 Å². The third kappa shape index (κ3) is 4.13. The summed E-state index contributed by atoms with van der Waals surface area (Å²) in [6.45, 7) is 4.51. The molecule has 0 saturated heterocycles. The lowest BCUT2D eigenvalue weighted by molar-refractivity contribution is -0.140. The van der Waals surface area contributed by atoms with E-state index >= 15 is 0 Å². The van der Waals surface area contributed by atoms with Crippen LogP contribution in [0.4, 0.5) is 0 Å². The second-order valence-electron chi connectivity index (χ2n) is 9.08. The van der Waals surface area contributed by atoms with E-state index in [0.29, 0.717) is 29.9 Å². The molecule has 3 aliphatic rings. The molecule has 0 aromatic carbocycles. The molecule has 1 aromatic heterocycles. The Morgan fingerprint density at radius 3 is 2.57 bits per heavy atom. The van der Waals surface area contributed by atoms with Crippen molar-refractivity contribution in [1.82, 2.24) is 5.16 Å². The van der Waals surface area contributed by atoms with Crippen LogP contribution in [-0.2, 0) is 14.4 Å². The Labute approximate surface area is 164 Å². The largest absolute Gasteiger partial charge is 0.481 e. The summed E-state index contributed by atoms with van der Waals surface area (Å²) in [4.78, 5) is 27.5. The van der Waals surface area contributed by atoms with Crippen LogP contribution in [0.3, 0.4) is 0 Å². The third-order valence-electron chi connectivity index (χ3n) is 6.10. The maximum absolute atomic E-state index is 11.5. The van der Waals surface area contributed by atoms with E-state index < -0.39 is 11.9 Å². The molecule has 1 atom stereocenters. The number of aliphatic carboxylic acids is 1. The van der Waals surface area contributed by atoms with Crippen LogP contribution in [0.2, 0.25) is 0 Å². The predicted octanol–water partition coefficient (Wildman–Crippen LogP) is 4.34. The number of hydrogen-bond donors (Lipinski definition) is 1. The highest BCUT2D eigenvalue weighted by Crippen LogP contribution is 2.52. The first-order chi connectivity index (χ1) is 13.4. The van der Waals surface area contributed by atoms with Gasteiger partial charge in [0.2, 0.25) is 0 Å². The van der Waals surface area contributed by atoms with Crippen molar-refractivity contribution in [2.75, 3.05) is 0 Å². The third-order valence-corrected chi connectivity index (χ3v) is 6.10. The van der Waals surface area contributed by atoms with E-state index in [1.807, 2.05) is 0 Å². The molecule has 28 heavy (non-hydrogen) atoms. The van der Waals surface area contributed by atoms with Gasteiger partial charge < -0.3 is 14.5 Å². The fraction of sp³-hybridized carbons (Fsp3) is 0.714. The first-order valence-corrected chi connectivity index (χ1v) is 10.4. The van der Waals surface area contributed by atoms with Gasteiger partial charge >= 0.3 is 11.9 Å². The summed E-state index contributed by atoms with van der Waals surface area (Å²) in [5.41, 5.74) is 2.49. The standard InChI is InChI=1S/C21H28N2O5/c1-11(2)5-12-6-15(7-12)21-19(13-3-4-13)20(23-28-21)14(9-17(24)25)8-16-10-18(26)27-22-16/h11-15H,3-10H2,1-2H3,(H,24,25)/t12?,14-,15?/m0/s1. The highest BCUT2D eigenvalue weighted by atomic mass is 16.7. The van der Waals surface area contributed by atoms with Crippen LogP contribution < -0.4 is 0 Å². The van der Waals surface area contributed by atoms with E-state index in [9.17, 15) is 14.7 Å². The van der Waals surface area contributed by atoms with Crippen molar-refractivity contribution >= 4 is 17.7 Å². The summed E-state index contributed by atoms with van der Waals surface area (Å²) in [7, 11) is 0. The van der Waals surface area contributed by atoms with Crippen molar-refractivity contribution in [3.63, 3.8) is 0 Å². The van der Waals surface area contributed by atoms with Crippen molar-refractivity contribution in [2.45, 2.75) is 83.0 Å². The molecule has 2 fully saturated rings. The molecule has 7 heteroatoms. The average Bonchev–Trinajstić information content (AvgIpc) is 3.19. The van der Waals surface area contributed by atoms with Crippen LogP contribution in [0.1, 0.15) is 100.0 Å². The quantitative estimate of drug-likeness (QED) is 0.631. The van der Waals surface area contributed by atoms with Gasteiger partial charge in [-0.2, -0.15) is 0 Å². The number of carbonyl (C=O) groups is 2. The summed E-state index contributed by atoms with van der Waals surface area (Å²) in [5, 5.41) is 17.6. The molecule has 152 valence electrons. The Balaban J connectivity index is 1.54. The molecule has 2 heterocycles. The summed E-state index contributed by atoms with van der Waals surface area (Å²) in [5.74, 6) is 1.65. The lowest BCUT2D eigenvalue weighted by Crippen LogP contribution is -2.23. The normalized spacial score (nSPS) is 25.4. The van der Waals surface area contributed by atoms with Crippen molar-refractivity contribution in [1.29, 1.82) is 0 Å². The van der Waals surface area contributed by atoms with Crippen molar-refractivity contribution in [3.05, 3.63) is 17.0 Å². The summed E-state index contributed by atoms with van der Waals surface area (Å²) >= 11 is 0. The van der Waals surface area contributed by atoms with E-state index in [-0.39, 0.29) is 18.8 Å². The zero-order valence-electron chi connectivity index (χ0n) is 16.5. The summed E-state index contributed by atoms with van der Waals surface area (Å²) in [6, 6.07) is 0. The topological polar surface area (TPSA) is 102 Å². The Bertz CT molecular complexity index is 787. The number of oxime groups is 1. The Kier molecular flexibility index (Phi) is 5.25. The monoisotopic (exact) mass is 388 g/mol. The van der Waals surface area contributed by atoms with Gasteiger partial charge in [-0.15, -0.1) is 0 Å². The number of carbonyl (C=O) groups excluding carboxylic acids is 1. The zero-order chi connectivity index (χ0) is 19.8. The number of nitrogens with zero attached hydrogens (tertiary/aromatic N) is 2. The van der Waals surface area contributed by atoms with Gasteiger partial charge in [0.1, 0.15) is 5.76 Å². The zero-order valence-corrected chi connectivity index (χ0v) is 16.5. The molecular weight excluding hydrogens is 360 g/mol. The number of rotatable bonds is 9. The number of hydrogen-bond acceptors (Lipinski definition) is 6. The summed E-state index contributed by atoms with van der Waals surface area (Å²) in [6.07, 6.45) is 6.14. The van der Waals surface area contributed by atoms with Gasteiger partial charge in [-0.25, -0.2) is 4.79 Å². The molecule has 7 nitrogen and oxygen atoms in total. The van der Waals surface area contributed by atoms with Gasteiger partial charge in [0.15, 0.2) is 0 Å². The van der Waals surface area contributed by atoms with Gasteiger partial charge in [-0.1, -0.05) is 24.2 Å². The van der Waals surface area contributed by atoms with Crippen molar-refractivity contribution in [3.8, 4) is 0 Å². The molecule has 0 radical (unpaired) electrons. The first kappa shape index (κ1) is 19.2. The summed E-state index contributed by atoms with van der Waals surface area (Å²) < 4.78 is 5.82. The van der Waals surface area contributed by atoms with E-state index in [1.54, 1.807) is 0 Å². The molecule has 2 aliphatic carbocycles. The van der Waals surface area contributed by atoms with E-state index in [1.165, 1.54) is 6.42 Å². The maximum atomic E-state index is 11.5. The number of carboxylic acids is 1. The minimum atomic E-state index is -0.886. The molecule has 1 aromatic rings. The van der Waals surface area contributed by atoms with Gasteiger partial charge in [0, 0.05) is 17.4 Å². The smallest absolute Gasteiger partial charge is 0.340 e. The fourth-order valence-corrected chi connectivity index (χ4v) is 4.72. The molecular formula is C21H28N2O5. The SMILES string of the molecule is CC(C)CC1CC(c2onc([C@H](CC(=O)O)CC3=NOC(=O)C3)c2C2CC2)C1. The first-order valence-electron chi connectivity index (χ1n) is 10.4. The van der Waals surface area contributed by atoms with Crippen LogP contribution in [-0.4, -0.2) is 27.9 Å². The van der Waals surface area contributed by atoms with Crippen molar-refractivity contribution in [2.24, 2.45) is 17.0 Å². The fourth-order valence-electron chi connectivity index (χ4n) is 4.72. The second-order valence-corrected chi connectivity index (χ2v) is 9.08. The van der Waals surface area contributed by atoms with E-state index in [2.05, 4.69) is 29.0 Å². The maximum Gasteiger partial charge on any atom is 0.340 e. The molecule has 2 saturated carbocycles. The van der Waals surface area contributed by atoms with Crippen LogP contribution in [0.15, 0.2) is 9.68 Å². The molecule has 1 aliphatic heterocycles. The molecule has 0 unspecified atom stereocenters. The second kappa shape index (κ2) is 7.68. The van der Waals surface area contributed by atoms with E-state index in [4.69, 9.17) is 4.52 Å². The highest BCUT2D eigenvalue weighted by molar-refractivity contribution is 6.02. The lowest BCUT2D eigenvalue weighted by atomic mass is 9.69. The minimum absolute atomic E-state index is 0.0560. The van der Waals surface area contributed by atoms with E-state index in [0.717, 1.165) is 48.6 Å². The van der Waals surface area contributed by atoms with Gasteiger partial charge in [0.05, 0.1) is 24.2 Å². The van der Waals surface area contributed by atoms with Crippen LogP contribution in [0.5, 0.6) is 0 Å². The molecule has 0 spiro atoms. The van der Waals surface area contributed by atoms with Crippen LogP contribution in [0, 0.1) is 11.8 Å². The number of carboxylic acid groups (broad SMARTS) is 1. The average molecular weight is 388 g/mol. The minimum Gasteiger partial charge on any atom is -0.481 e. The Morgan fingerprint density at radius 1 is 1.25 bits per heavy atom. The predicted molar refractivity (Wildman–Crippen MR) is 101 cm³/mol. The van der Waals surface area contributed by atoms with Gasteiger partial charge in [-0.05, 0) is 56.3 Å². The highest BCUT2D eigenvalue weighted by Gasteiger charge is 2.42. The van der Waals surface area contributed by atoms with Gasteiger partial charge in [0.25, 0.3) is 0 Å². The Morgan fingerprint density at radius 2 is 2.00 bits per heavy atom. The molecule has 1 N–H and O–H groups in total. The Hall–Kier alpha value is -2.18. The van der Waals surface area contributed by atoms with Crippen molar-refractivity contribution < 1.29 is 24.1 Å². The number of aromatic nitrogens is 1.